The molecule has 1 rings (SSSR count). The molecule has 1 N–H and O–H groups in total. The van der Waals surface area contributed by atoms with E-state index in [9.17, 15) is 8.78 Å². The molecule has 0 spiro atoms. The van der Waals surface area contributed by atoms with Crippen LogP contribution in [0.1, 0.15) is 18.5 Å². The Morgan fingerprint density at radius 3 is 2.38 bits per heavy atom. The first-order valence-electron chi connectivity index (χ1n) is 4.26. The number of benzene rings is 1. The molecule has 0 aliphatic heterocycles. The molecule has 0 radical (unpaired) electrons. The van der Waals surface area contributed by atoms with Gasteiger partial charge in [0, 0.05) is 6.04 Å². The highest BCUT2D eigenvalue weighted by atomic mass is 19.3. The number of hydrogen-bond acceptors (Lipinski definition) is 1. The Morgan fingerprint density at radius 1 is 1.23 bits per heavy atom. The smallest absolute Gasteiger partial charge is 0.250 e. The molecule has 0 saturated carbocycles. The number of nitrogens with one attached hydrogen (secondary N) is 1. The Bertz CT molecular complexity index is 236. The molecule has 0 heterocycles. The van der Waals surface area contributed by atoms with E-state index < -0.39 is 6.43 Å². The second-order valence-electron chi connectivity index (χ2n) is 2.93. The van der Waals surface area contributed by atoms with E-state index in [2.05, 4.69) is 5.32 Å². The van der Waals surface area contributed by atoms with E-state index in [1.165, 1.54) is 0 Å². The van der Waals surface area contributed by atoms with Crippen LogP contribution in [0.3, 0.4) is 0 Å². The van der Waals surface area contributed by atoms with Crippen molar-refractivity contribution in [1.82, 2.24) is 5.32 Å². The van der Waals surface area contributed by atoms with Crippen LogP contribution in [0.25, 0.3) is 0 Å². The van der Waals surface area contributed by atoms with Crippen LogP contribution in [0.4, 0.5) is 8.78 Å². The van der Waals surface area contributed by atoms with Crippen LogP contribution in [0, 0.1) is 0 Å². The van der Waals surface area contributed by atoms with Gasteiger partial charge in [-0.05, 0) is 12.5 Å². The SMILES string of the molecule is CC(NCC(F)F)c1ccccc1. The monoisotopic (exact) mass is 185 g/mol. The average molecular weight is 185 g/mol. The fourth-order valence-corrected chi connectivity index (χ4v) is 1.13. The molecule has 0 aliphatic carbocycles. The van der Waals surface area contributed by atoms with Gasteiger partial charge in [-0.2, -0.15) is 0 Å². The minimum absolute atomic E-state index is 0.0183. The van der Waals surface area contributed by atoms with Gasteiger partial charge in [0.2, 0.25) is 0 Å². The molecule has 72 valence electrons. The molecule has 0 aromatic heterocycles. The molecule has 3 heteroatoms. The summed E-state index contributed by atoms with van der Waals surface area (Å²) in [5.41, 5.74) is 1.03. The second kappa shape index (κ2) is 4.92. The zero-order valence-electron chi connectivity index (χ0n) is 7.50. The molecule has 0 fully saturated rings. The van der Waals surface area contributed by atoms with E-state index in [1.54, 1.807) is 0 Å². The summed E-state index contributed by atoms with van der Waals surface area (Å²) in [5.74, 6) is 0. The molecule has 0 amide bonds. The average Bonchev–Trinajstić information content (AvgIpc) is 2.15. The summed E-state index contributed by atoms with van der Waals surface area (Å²) in [7, 11) is 0. The topological polar surface area (TPSA) is 12.0 Å². The highest BCUT2D eigenvalue weighted by molar-refractivity contribution is 5.17. The molecule has 1 aromatic carbocycles. The normalized spacial score (nSPS) is 13.2. The summed E-state index contributed by atoms with van der Waals surface area (Å²) in [6.45, 7) is 1.62. The first kappa shape index (κ1) is 10.1. The molecule has 13 heavy (non-hydrogen) atoms. The van der Waals surface area contributed by atoms with E-state index in [0.717, 1.165) is 5.56 Å². The maximum absolute atomic E-state index is 11.8. The lowest BCUT2D eigenvalue weighted by molar-refractivity contribution is 0.142. The second-order valence-corrected chi connectivity index (χ2v) is 2.93. The number of alkyl halides is 2. The predicted molar refractivity (Wildman–Crippen MR) is 48.9 cm³/mol. The quantitative estimate of drug-likeness (QED) is 0.760. The fraction of sp³-hybridized carbons (Fsp3) is 0.400. The van der Waals surface area contributed by atoms with Gasteiger partial charge in [-0.1, -0.05) is 30.3 Å². The number of rotatable bonds is 4. The molecule has 1 atom stereocenters. The molecule has 0 bridgehead atoms. The Balaban J connectivity index is 2.44. The predicted octanol–water partition coefficient (Wildman–Crippen LogP) is 2.60. The van der Waals surface area contributed by atoms with Crippen molar-refractivity contribution in [2.75, 3.05) is 6.54 Å². The molecular weight excluding hydrogens is 172 g/mol. The van der Waals surface area contributed by atoms with Crippen molar-refractivity contribution >= 4 is 0 Å². The van der Waals surface area contributed by atoms with Crippen molar-refractivity contribution in [3.8, 4) is 0 Å². The van der Waals surface area contributed by atoms with Crippen LogP contribution < -0.4 is 5.32 Å². The van der Waals surface area contributed by atoms with Crippen molar-refractivity contribution in [3.63, 3.8) is 0 Å². The van der Waals surface area contributed by atoms with Gasteiger partial charge < -0.3 is 5.32 Å². The molecule has 1 aromatic rings. The van der Waals surface area contributed by atoms with E-state index in [-0.39, 0.29) is 12.6 Å². The summed E-state index contributed by atoms with van der Waals surface area (Å²) in [6, 6.07) is 9.52. The van der Waals surface area contributed by atoms with E-state index in [0.29, 0.717) is 0 Å². The van der Waals surface area contributed by atoms with Crippen molar-refractivity contribution in [3.05, 3.63) is 35.9 Å². The van der Waals surface area contributed by atoms with Crippen molar-refractivity contribution in [1.29, 1.82) is 0 Å². The standard InChI is InChI=1S/C10H13F2N/c1-8(13-7-10(11)12)9-5-3-2-4-6-9/h2-6,8,10,13H,7H2,1H3. The Morgan fingerprint density at radius 2 is 1.85 bits per heavy atom. The molecule has 0 aliphatic rings. The van der Waals surface area contributed by atoms with Crippen LogP contribution >= 0.6 is 0 Å². The maximum Gasteiger partial charge on any atom is 0.250 e. The summed E-state index contributed by atoms with van der Waals surface area (Å²) in [6.07, 6.45) is -2.29. The molecular formula is C10H13F2N. The summed E-state index contributed by atoms with van der Waals surface area (Å²) >= 11 is 0. The van der Waals surface area contributed by atoms with Gasteiger partial charge in [0.05, 0.1) is 6.54 Å². The number of hydrogen-bond donors (Lipinski definition) is 1. The minimum atomic E-state index is -2.29. The Labute approximate surface area is 76.8 Å². The molecule has 1 nitrogen and oxygen atoms in total. The Kier molecular flexibility index (Phi) is 3.83. The van der Waals surface area contributed by atoms with Crippen molar-refractivity contribution in [2.24, 2.45) is 0 Å². The van der Waals surface area contributed by atoms with Gasteiger partial charge in [0.1, 0.15) is 0 Å². The zero-order chi connectivity index (χ0) is 9.68. The summed E-state index contributed by atoms with van der Waals surface area (Å²) in [4.78, 5) is 0. The summed E-state index contributed by atoms with van der Waals surface area (Å²) in [5, 5.41) is 2.75. The van der Waals surface area contributed by atoms with Gasteiger partial charge in [-0.3, -0.25) is 0 Å². The molecule has 1 unspecified atom stereocenters. The third-order valence-electron chi connectivity index (χ3n) is 1.88. The van der Waals surface area contributed by atoms with E-state index in [4.69, 9.17) is 0 Å². The highest BCUT2D eigenvalue weighted by Crippen LogP contribution is 2.10. The van der Waals surface area contributed by atoms with Crippen LogP contribution in [0.15, 0.2) is 30.3 Å². The zero-order valence-corrected chi connectivity index (χ0v) is 7.50. The maximum atomic E-state index is 11.8. The van der Waals surface area contributed by atoms with Crippen LogP contribution in [0.2, 0.25) is 0 Å². The first-order chi connectivity index (χ1) is 6.20. The van der Waals surface area contributed by atoms with Gasteiger partial charge >= 0.3 is 0 Å². The van der Waals surface area contributed by atoms with E-state index in [1.807, 2.05) is 37.3 Å². The lowest BCUT2D eigenvalue weighted by Gasteiger charge is -2.13. The third-order valence-corrected chi connectivity index (χ3v) is 1.88. The lowest BCUT2D eigenvalue weighted by atomic mass is 10.1. The lowest BCUT2D eigenvalue weighted by Crippen LogP contribution is -2.24. The Hall–Kier alpha value is -0.960. The fourth-order valence-electron chi connectivity index (χ4n) is 1.13. The largest absolute Gasteiger partial charge is 0.305 e. The molecule has 0 saturated heterocycles. The van der Waals surface area contributed by atoms with Gasteiger partial charge in [0.25, 0.3) is 6.43 Å². The van der Waals surface area contributed by atoms with Crippen LogP contribution in [0.5, 0.6) is 0 Å². The van der Waals surface area contributed by atoms with Crippen LogP contribution in [-0.4, -0.2) is 13.0 Å². The highest BCUT2D eigenvalue weighted by Gasteiger charge is 2.07. The van der Waals surface area contributed by atoms with E-state index >= 15 is 0 Å². The van der Waals surface area contributed by atoms with Crippen LogP contribution in [-0.2, 0) is 0 Å². The number of halogens is 2. The van der Waals surface area contributed by atoms with Gasteiger partial charge in [0.15, 0.2) is 0 Å². The van der Waals surface area contributed by atoms with Crippen molar-refractivity contribution in [2.45, 2.75) is 19.4 Å². The van der Waals surface area contributed by atoms with Crippen molar-refractivity contribution < 1.29 is 8.78 Å². The first-order valence-corrected chi connectivity index (χ1v) is 4.26. The minimum Gasteiger partial charge on any atom is -0.305 e. The summed E-state index contributed by atoms with van der Waals surface area (Å²) < 4.78 is 23.7. The van der Waals surface area contributed by atoms with Gasteiger partial charge in [-0.25, -0.2) is 8.78 Å². The van der Waals surface area contributed by atoms with Gasteiger partial charge in [-0.15, -0.1) is 0 Å². The third kappa shape index (κ3) is 3.51.